The van der Waals surface area contributed by atoms with E-state index in [0.29, 0.717) is 10.9 Å². The van der Waals surface area contributed by atoms with Gasteiger partial charge in [-0.05, 0) is 18.6 Å². The van der Waals surface area contributed by atoms with Crippen molar-refractivity contribution in [1.29, 1.82) is 0 Å². The molecule has 1 N–H and O–H groups in total. The van der Waals surface area contributed by atoms with Crippen LogP contribution in [0.25, 0.3) is 0 Å². The van der Waals surface area contributed by atoms with Gasteiger partial charge in [0.1, 0.15) is 4.90 Å². The zero-order valence-electron chi connectivity index (χ0n) is 10.2. The van der Waals surface area contributed by atoms with E-state index in [0.717, 1.165) is 0 Å². The summed E-state index contributed by atoms with van der Waals surface area (Å²) in [5, 5.41) is 13.4. The van der Waals surface area contributed by atoms with Gasteiger partial charge in [-0.2, -0.15) is 0 Å². The van der Waals surface area contributed by atoms with Crippen molar-refractivity contribution in [3.05, 3.63) is 32.8 Å². The molecule has 0 aliphatic carbocycles. The minimum absolute atomic E-state index is 0.137. The molecule has 0 unspecified atom stereocenters. The molecule has 1 aromatic carbocycles. The van der Waals surface area contributed by atoms with Crippen molar-refractivity contribution in [2.24, 2.45) is 0 Å². The van der Waals surface area contributed by atoms with E-state index in [9.17, 15) is 19.1 Å². The highest BCUT2D eigenvalue weighted by atomic mass is 79.9. The molecule has 0 fully saturated rings. The van der Waals surface area contributed by atoms with Gasteiger partial charge in [-0.15, -0.1) is 0 Å². The molecule has 0 aliphatic heterocycles. The zero-order valence-corrected chi connectivity index (χ0v) is 12.6. The van der Waals surface area contributed by atoms with E-state index < -0.39 is 15.7 Å². The van der Waals surface area contributed by atoms with Crippen LogP contribution in [-0.4, -0.2) is 27.8 Å². The third kappa shape index (κ3) is 4.71. The van der Waals surface area contributed by atoms with Gasteiger partial charge in [0.15, 0.2) is 0 Å². The molecule has 0 aromatic heterocycles. The quantitative estimate of drug-likeness (QED) is 0.628. The van der Waals surface area contributed by atoms with Crippen molar-refractivity contribution >= 4 is 38.3 Å². The molecule has 1 amide bonds. The molecule has 104 valence electrons. The van der Waals surface area contributed by atoms with Crippen LogP contribution in [0.5, 0.6) is 0 Å². The number of nitro groups is 1. The van der Waals surface area contributed by atoms with Crippen LogP contribution in [0.2, 0.25) is 0 Å². The van der Waals surface area contributed by atoms with Crippen LogP contribution >= 0.6 is 15.9 Å². The summed E-state index contributed by atoms with van der Waals surface area (Å²) >= 11 is 3.14. The minimum atomic E-state index is -1.48. The predicted octanol–water partition coefficient (Wildman–Crippen LogP) is 1.99. The SMILES string of the molecule is CNC(=O)CCC[S@@](=O)c1ccc(Br)cc1[N+](=O)[O-]. The normalized spacial score (nSPS) is 11.9. The van der Waals surface area contributed by atoms with E-state index in [1.54, 1.807) is 6.07 Å². The maximum atomic E-state index is 12.0. The van der Waals surface area contributed by atoms with Crippen LogP contribution in [0, 0.1) is 10.1 Å². The van der Waals surface area contributed by atoms with Gasteiger partial charge in [-0.3, -0.25) is 19.1 Å². The first-order valence-electron chi connectivity index (χ1n) is 5.48. The maximum absolute atomic E-state index is 12.0. The molecule has 0 spiro atoms. The fourth-order valence-electron chi connectivity index (χ4n) is 1.42. The van der Waals surface area contributed by atoms with Crippen molar-refractivity contribution < 1.29 is 13.9 Å². The van der Waals surface area contributed by atoms with Crippen LogP contribution < -0.4 is 5.32 Å². The second-order valence-electron chi connectivity index (χ2n) is 3.70. The number of benzene rings is 1. The molecule has 1 atom stereocenters. The van der Waals surface area contributed by atoms with Gasteiger partial charge >= 0.3 is 0 Å². The first kappa shape index (κ1) is 15.8. The molecular formula is C11H13BrN2O4S. The van der Waals surface area contributed by atoms with Gasteiger partial charge in [0.05, 0.1) is 15.7 Å². The summed E-state index contributed by atoms with van der Waals surface area (Å²) in [6, 6.07) is 4.41. The Kier molecular flexibility index (Phi) is 6.10. The smallest absolute Gasteiger partial charge is 0.286 e. The molecule has 1 aromatic rings. The van der Waals surface area contributed by atoms with Crippen LogP contribution in [0.4, 0.5) is 5.69 Å². The van der Waals surface area contributed by atoms with E-state index in [2.05, 4.69) is 21.2 Å². The summed E-state index contributed by atoms with van der Waals surface area (Å²) in [5.41, 5.74) is -0.173. The van der Waals surface area contributed by atoms with Crippen molar-refractivity contribution in [3.63, 3.8) is 0 Å². The first-order chi connectivity index (χ1) is 8.95. The zero-order chi connectivity index (χ0) is 14.4. The van der Waals surface area contributed by atoms with E-state index in [-0.39, 0.29) is 28.7 Å². The lowest BCUT2D eigenvalue weighted by molar-refractivity contribution is -0.387. The number of halogens is 1. The molecule has 19 heavy (non-hydrogen) atoms. The van der Waals surface area contributed by atoms with Crippen LogP contribution in [-0.2, 0) is 15.6 Å². The molecule has 1 rings (SSSR count). The van der Waals surface area contributed by atoms with Gasteiger partial charge in [0.25, 0.3) is 5.69 Å². The summed E-state index contributed by atoms with van der Waals surface area (Å²) in [4.78, 5) is 21.5. The average molecular weight is 349 g/mol. The van der Waals surface area contributed by atoms with Gasteiger partial charge in [-0.1, -0.05) is 15.9 Å². The van der Waals surface area contributed by atoms with Crippen LogP contribution in [0.1, 0.15) is 12.8 Å². The lowest BCUT2D eigenvalue weighted by atomic mass is 10.3. The standard InChI is InChI=1S/C11H13BrN2O4S/c1-13-11(15)3-2-6-19(18)10-5-4-8(12)7-9(10)14(16)17/h4-5,7H,2-3,6H2,1H3,(H,13,15)/t19-/m1/s1. The van der Waals surface area contributed by atoms with E-state index in [1.165, 1.54) is 19.2 Å². The van der Waals surface area contributed by atoms with Crippen molar-refractivity contribution in [2.45, 2.75) is 17.7 Å². The molecule has 0 heterocycles. The third-order valence-corrected chi connectivity index (χ3v) is 4.36. The molecule has 0 radical (unpaired) electrons. The Morgan fingerprint density at radius 3 is 2.79 bits per heavy atom. The number of carbonyl (C=O) groups is 1. The largest absolute Gasteiger partial charge is 0.359 e. The monoisotopic (exact) mass is 348 g/mol. The Labute approximate surface area is 121 Å². The van der Waals surface area contributed by atoms with Crippen molar-refractivity contribution in [2.75, 3.05) is 12.8 Å². The fraction of sp³-hybridized carbons (Fsp3) is 0.364. The highest BCUT2D eigenvalue weighted by Crippen LogP contribution is 2.26. The van der Waals surface area contributed by atoms with Gasteiger partial charge in [0, 0.05) is 29.8 Å². The number of nitro benzene ring substituents is 1. The first-order valence-corrected chi connectivity index (χ1v) is 7.59. The highest BCUT2D eigenvalue weighted by Gasteiger charge is 2.19. The number of rotatable bonds is 6. The summed E-state index contributed by atoms with van der Waals surface area (Å²) in [6.45, 7) is 0. The average Bonchev–Trinajstić information content (AvgIpc) is 2.38. The Morgan fingerprint density at radius 1 is 1.53 bits per heavy atom. The molecule has 0 saturated heterocycles. The molecule has 0 aliphatic rings. The number of nitrogens with one attached hydrogen (secondary N) is 1. The number of amides is 1. The van der Waals surface area contributed by atoms with E-state index in [4.69, 9.17) is 0 Å². The number of nitrogens with zero attached hydrogens (tertiary/aromatic N) is 1. The van der Waals surface area contributed by atoms with Gasteiger partial charge in [0.2, 0.25) is 5.91 Å². The molecule has 0 bridgehead atoms. The summed E-state index contributed by atoms with van der Waals surface area (Å²) in [6.07, 6.45) is 0.673. The van der Waals surface area contributed by atoms with Crippen LogP contribution in [0.15, 0.2) is 27.6 Å². The summed E-state index contributed by atoms with van der Waals surface area (Å²) in [7, 11) is 0.0419. The molecule has 0 saturated carbocycles. The Bertz CT molecular complexity index is 521. The van der Waals surface area contributed by atoms with E-state index >= 15 is 0 Å². The predicted molar refractivity (Wildman–Crippen MR) is 75.4 cm³/mol. The Balaban J connectivity index is 2.77. The summed E-state index contributed by atoms with van der Waals surface area (Å²) in [5.74, 6) is 0.0814. The van der Waals surface area contributed by atoms with Crippen molar-refractivity contribution in [1.82, 2.24) is 5.32 Å². The topological polar surface area (TPSA) is 89.3 Å². The summed E-state index contributed by atoms with van der Waals surface area (Å²) < 4.78 is 12.6. The van der Waals surface area contributed by atoms with Crippen molar-refractivity contribution in [3.8, 4) is 0 Å². The number of hydrogen-bond acceptors (Lipinski definition) is 4. The molecule has 6 nitrogen and oxygen atoms in total. The molecular weight excluding hydrogens is 336 g/mol. The highest BCUT2D eigenvalue weighted by molar-refractivity contribution is 9.10. The van der Waals surface area contributed by atoms with Gasteiger partial charge in [-0.25, -0.2) is 0 Å². The van der Waals surface area contributed by atoms with E-state index in [1.807, 2.05) is 0 Å². The Hall–Kier alpha value is -1.28. The van der Waals surface area contributed by atoms with Crippen LogP contribution in [0.3, 0.4) is 0 Å². The maximum Gasteiger partial charge on any atom is 0.286 e. The fourth-order valence-corrected chi connectivity index (χ4v) is 2.99. The lowest BCUT2D eigenvalue weighted by Gasteiger charge is -2.04. The third-order valence-electron chi connectivity index (χ3n) is 2.38. The lowest BCUT2D eigenvalue weighted by Crippen LogP contribution is -2.18. The minimum Gasteiger partial charge on any atom is -0.359 e. The van der Waals surface area contributed by atoms with Gasteiger partial charge < -0.3 is 5.32 Å². The second kappa shape index (κ2) is 7.34. The number of carbonyl (C=O) groups excluding carboxylic acids is 1. The second-order valence-corrected chi connectivity index (χ2v) is 6.15. The Morgan fingerprint density at radius 2 is 2.21 bits per heavy atom. The molecule has 8 heteroatoms. The number of hydrogen-bond donors (Lipinski definition) is 1.